The first-order valence-corrected chi connectivity index (χ1v) is 6.38. The maximum Gasteiger partial charge on any atom is 0.307 e. The third kappa shape index (κ3) is 3.30. The zero-order chi connectivity index (χ0) is 11.6. The third-order valence-electron chi connectivity index (χ3n) is 2.57. The van der Waals surface area contributed by atoms with Gasteiger partial charge < -0.3 is 10.4 Å². The Kier molecular flexibility index (Phi) is 3.84. The molecular formula is C9H15NO4S. The number of hydrogen-bond acceptors (Lipinski definition) is 3. The topological polar surface area (TPSA) is 83.5 Å². The maximum absolute atomic E-state index is 11.4. The minimum Gasteiger partial charge on any atom is -0.481 e. The van der Waals surface area contributed by atoms with Gasteiger partial charge in [-0.25, -0.2) is 0 Å². The van der Waals surface area contributed by atoms with Crippen LogP contribution in [0, 0.1) is 11.8 Å². The molecule has 5 nitrogen and oxygen atoms in total. The number of aliphatic carboxylic acids is 1. The Labute approximate surface area is 90.7 Å². The number of amides is 1. The van der Waals surface area contributed by atoms with E-state index in [4.69, 9.17) is 5.11 Å². The van der Waals surface area contributed by atoms with Crippen LogP contribution in [0.4, 0.5) is 0 Å². The summed E-state index contributed by atoms with van der Waals surface area (Å²) in [6.07, 6.45) is 2.00. The predicted octanol–water partition coefficient (Wildman–Crippen LogP) is -0.410. The van der Waals surface area contributed by atoms with Crippen molar-refractivity contribution in [2.45, 2.75) is 18.6 Å². The molecular weight excluding hydrogens is 218 g/mol. The van der Waals surface area contributed by atoms with Gasteiger partial charge in [-0.05, 0) is 13.3 Å². The lowest BCUT2D eigenvalue weighted by Gasteiger charge is -2.09. The molecule has 1 aliphatic carbocycles. The largest absolute Gasteiger partial charge is 0.481 e. The van der Waals surface area contributed by atoms with Crippen molar-refractivity contribution in [3.8, 4) is 0 Å². The number of hydrogen-bond donors (Lipinski definition) is 2. The molecule has 0 aromatic heterocycles. The smallest absolute Gasteiger partial charge is 0.307 e. The average Bonchev–Trinajstić information content (AvgIpc) is 2.92. The lowest BCUT2D eigenvalue weighted by Crippen LogP contribution is -2.34. The number of carbonyl (C=O) groups is 2. The van der Waals surface area contributed by atoms with Gasteiger partial charge in [0.05, 0.1) is 11.8 Å². The van der Waals surface area contributed by atoms with Gasteiger partial charge in [0, 0.05) is 28.9 Å². The van der Waals surface area contributed by atoms with E-state index in [2.05, 4.69) is 5.32 Å². The summed E-state index contributed by atoms with van der Waals surface area (Å²) in [5.41, 5.74) is 0. The van der Waals surface area contributed by atoms with E-state index >= 15 is 0 Å². The lowest BCUT2D eigenvalue weighted by molar-refractivity contribution is -0.140. The molecule has 86 valence electrons. The molecule has 4 atom stereocenters. The van der Waals surface area contributed by atoms with Crippen molar-refractivity contribution in [2.24, 2.45) is 11.8 Å². The first-order chi connectivity index (χ1) is 6.93. The number of carboxylic acids is 1. The van der Waals surface area contributed by atoms with Gasteiger partial charge >= 0.3 is 5.97 Å². The van der Waals surface area contributed by atoms with E-state index in [0.717, 1.165) is 0 Å². The molecule has 15 heavy (non-hydrogen) atoms. The van der Waals surface area contributed by atoms with Gasteiger partial charge in [-0.1, -0.05) is 0 Å². The summed E-state index contributed by atoms with van der Waals surface area (Å²) in [6, 6.07) is 0. The van der Waals surface area contributed by atoms with Gasteiger partial charge in [0.25, 0.3) is 0 Å². The fourth-order valence-electron chi connectivity index (χ4n) is 1.25. The molecule has 0 radical (unpaired) electrons. The van der Waals surface area contributed by atoms with Crippen LogP contribution in [0.3, 0.4) is 0 Å². The van der Waals surface area contributed by atoms with E-state index in [-0.39, 0.29) is 17.1 Å². The van der Waals surface area contributed by atoms with Gasteiger partial charge in [0.1, 0.15) is 0 Å². The van der Waals surface area contributed by atoms with Gasteiger partial charge in [-0.3, -0.25) is 13.8 Å². The molecule has 0 bridgehead atoms. The number of nitrogens with one attached hydrogen (secondary N) is 1. The minimum absolute atomic E-state index is 0.101. The second kappa shape index (κ2) is 4.74. The minimum atomic E-state index is -0.968. The fraction of sp³-hybridized carbons (Fsp3) is 0.778. The lowest BCUT2D eigenvalue weighted by atomic mass is 10.3. The van der Waals surface area contributed by atoms with E-state index in [1.807, 2.05) is 0 Å². The number of rotatable bonds is 5. The van der Waals surface area contributed by atoms with Crippen LogP contribution in [0.25, 0.3) is 0 Å². The summed E-state index contributed by atoms with van der Waals surface area (Å²) in [6.45, 7) is 2.11. The van der Waals surface area contributed by atoms with Gasteiger partial charge in [0.15, 0.2) is 0 Å². The number of carboxylic acid groups (broad SMARTS) is 1. The van der Waals surface area contributed by atoms with Crippen molar-refractivity contribution >= 4 is 22.7 Å². The molecule has 0 saturated heterocycles. The standard InChI is InChI=1S/C9H15NO4S/c1-5(15(2)14)4-10-8(11)6-3-7(6)9(12)13/h5-7H,3-4H2,1-2H3,(H,10,11)(H,12,13)/t5?,6-,7+,15?/m1/s1. The highest BCUT2D eigenvalue weighted by atomic mass is 32.2. The van der Waals surface area contributed by atoms with Crippen molar-refractivity contribution in [1.29, 1.82) is 0 Å². The summed E-state index contributed by atoms with van der Waals surface area (Å²) < 4.78 is 11.0. The van der Waals surface area contributed by atoms with Crippen molar-refractivity contribution in [1.82, 2.24) is 5.32 Å². The van der Waals surface area contributed by atoms with Gasteiger partial charge in [-0.15, -0.1) is 0 Å². The van der Waals surface area contributed by atoms with E-state index in [1.165, 1.54) is 0 Å². The van der Waals surface area contributed by atoms with Crippen LogP contribution < -0.4 is 5.32 Å². The molecule has 0 aromatic rings. The van der Waals surface area contributed by atoms with Crippen LogP contribution in [0.5, 0.6) is 0 Å². The quantitative estimate of drug-likeness (QED) is 0.676. The van der Waals surface area contributed by atoms with E-state index in [0.29, 0.717) is 13.0 Å². The van der Waals surface area contributed by atoms with Crippen molar-refractivity contribution < 1.29 is 18.9 Å². The molecule has 0 spiro atoms. The van der Waals surface area contributed by atoms with Crippen molar-refractivity contribution in [3.05, 3.63) is 0 Å². The highest BCUT2D eigenvalue weighted by molar-refractivity contribution is 7.84. The fourth-order valence-corrected chi connectivity index (χ4v) is 1.57. The first-order valence-electron chi connectivity index (χ1n) is 4.76. The van der Waals surface area contributed by atoms with E-state index < -0.39 is 22.7 Å². The SMILES string of the molecule is CC(CNC(=O)[C@@H]1C[C@@H]1C(=O)O)S(C)=O. The molecule has 2 N–H and O–H groups in total. The Morgan fingerprint density at radius 3 is 2.53 bits per heavy atom. The summed E-state index contributed by atoms with van der Waals surface area (Å²) >= 11 is 0. The Morgan fingerprint density at radius 2 is 2.13 bits per heavy atom. The van der Waals surface area contributed by atoms with Gasteiger partial charge in [0.2, 0.25) is 5.91 Å². The Bertz CT molecular complexity index is 304. The summed E-state index contributed by atoms with van der Waals surface area (Å²) in [5, 5.41) is 11.1. The van der Waals surface area contributed by atoms with Crippen LogP contribution in [-0.4, -0.2) is 39.2 Å². The summed E-state index contributed by atoms with van der Waals surface area (Å²) in [4.78, 5) is 21.9. The van der Waals surface area contributed by atoms with E-state index in [9.17, 15) is 13.8 Å². The zero-order valence-electron chi connectivity index (χ0n) is 8.73. The van der Waals surface area contributed by atoms with Crippen molar-refractivity contribution in [2.75, 3.05) is 12.8 Å². The predicted molar refractivity (Wildman–Crippen MR) is 55.8 cm³/mol. The second-order valence-corrected chi connectivity index (χ2v) is 5.64. The summed E-state index contributed by atoms with van der Waals surface area (Å²) in [7, 11) is -0.968. The molecule has 1 saturated carbocycles. The molecule has 0 aliphatic heterocycles. The van der Waals surface area contributed by atoms with Crippen LogP contribution in [0.2, 0.25) is 0 Å². The summed E-state index contributed by atoms with van der Waals surface area (Å²) in [5.74, 6) is -2.06. The van der Waals surface area contributed by atoms with Crippen LogP contribution in [0.15, 0.2) is 0 Å². The molecule has 6 heteroatoms. The Morgan fingerprint density at radius 1 is 1.53 bits per heavy atom. The first kappa shape index (κ1) is 12.2. The number of carbonyl (C=O) groups excluding carboxylic acids is 1. The Hall–Kier alpha value is -0.910. The molecule has 1 amide bonds. The third-order valence-corrected chi connectivity index (χ3v) is 3.87. The molecule has 2 unspecified atom stereocenters. The van der Waals surface area contributed by atoms with Crippen LogP contribution in [-0.2, 0) is 20.4 Å². The van der Waals surface area contributed by atoms with Gasteiger partial charge in [-0.2, -0.15) is 0 Å². The Balaban J connectivity index is 2.27. The average molecular weight is 233 g/mol. The molecule has 1 fully saturated rings. The highest BCUT2D eigenvalue weighted by Crippen LogP contribution is 2.38. The van der Waals surface area contributed by atoms with Crippen LogP contribution in [0.1, 0.15) is 13.3 Å². The van der Waals surface area contributed by atoms with Crippen molar-refractivity contribution in [3.63, 3.8) is 0 Å². The van der Waals surface area contributed by atoms with Crippen LogP contribution >= 0.6 is 0 Å². The normalized spacial score (nSPS) is 27.9. The molecule has 0 heterocycles. The highest BCUT2D eigenvalue weighted by Gasteiger charge is 2.48. The second-order valence-electron chi connectivity index (χ2n) is 3.84. The molecule has 1 aliphatic rings. The molecule has 1 rings (SSSR count). The molecule has 0 aromatic carbocycles. The zero-order valence-corrected chi connectivity index (χ0v) is 9.54. The monoisotopic (exact) mass is 233 g/mol. The van der Waals surface area contributed by atoms with E-state index in [1.54, 1.807) is 13.2 Å². The maximum atomic E-state index is 11.4.